The van der Waals surface area contributed by atoms with Crippen molar-refractivity contribution in [2.24, 2.45) is 4.99 Å². The largest absolute Gasteiger partial charge is 0.493 e. The van der Waals surface area contributed by atoms with Crippen LogP contribution in [-0.4, -0.2) is 44.1 Å². The standard InChI is InChI=1S/C14H19N3O/c1-17-8-4-7-15-14(17)16-9-11-10-18-13-6-3-2-5-12(11)13/h2-3,5-6,11H,4,7-10H2,1H3,(H,15,16). The van der Waals surface area contributed by atoms with Gasteiger partial charge in [-0.15, -0.1) is 0 Å². The molecule has 1 aromatic carbocycles. The molecule has 1 aromatic rings. The van der Waals surface area contributed by atoms with E-state index in [1.807, 2.05) is 12.1 Å². The number of nitrogens with one attached hydrogen (secondary N) is 1. The second-order valence-electron chi connectivity index (χ2n) is 4.91. The Labute approximate surface area is 108 Å². The predicted molar refractivity (Wildman–Crippen MR) is 72.2 cm³/mol. The number of hydrogen-bond donors (Lipinski definition) is 1. The average molecular weight is 245 g/mol. The number of nitrogens with zero attached hydrogens (tertiary/aromatic N) is 2. The first kappa shape index (κ1) is 11.4. The Morgan fingerprint density at radius 2 is 2.33 bits per heavy atom. The van der Waals surface area contributed by atoms with E-state index in [-0.39, 0.29) is 0 Å². The van der Waals surface area contributed by atoms with Crippen LogP contribution in [0.4, 0.5) is 0 Å². The van der Waals surface area contributed by atoms with E-state index >= 15 is 0 Å². The van der Waals surface area contributed by atoms with Crippen LogP contribution in [0.3, 0.4) is 0 Å². The molecule has 0 fully saturated rings. The summed E-state index contributed by atoms with van der Waals surface area (Å²) in [5, 5.41) is 3.45. The molecule has 0 spiro atoms. The van der Waals surface area contributed by atoms with Crippen LogP contribution in [0, 0.1) is 0 Å². The highest BCUT2D eigenvalue weighted by Gasteiger charge is 2.24. The van der Waals surface area contributed by atoms with Gasteiger partial charge in [-0.05, 0) is 12.5 Å². The number of benzene rings is 1. The summed E-state index contributed by atoms with van der Waals surface area (Å²) < 4.78 is 5.68. The van der Waals surface area contributed by atoms with Gasteiger partial charge in [-0.3, -0.25) is 4.99 Å². The predicted octanol–water partition coefficient (Wildman–Crippen LogP) is 1.44. The fraction of sp³-hybridized carbons (Fsp3) is 0.500. The molecule has 4 heteroatoms. The van der Waals surface area contributed by atoms with Crippen molar-refractivity contribution in [3.05, 3.63) is 29.8 Å². The number of ether oxygens (including phenoxy) is 1. The van der Waals surface area contributed by atoms with E-state index < -0.39 is 0 Å². The number of para-hydroxylation sites is 1. The Kier molecular flexibility index (Phi) is 3.09. The van der Waals surface area contributed by atoms with E-state index in [0.29, 0.717) is 5.92 Å². The first-order valence-electron chi connectivity index (χ1n) is 6.56. The summed E-state index contributed by atoms with van der Waals surface area (Å²) in [6, 6.07) is 8.29. The summed E-state index contributed by atoms with van der Waals surface area (Å²) in [4.78, 5) is 6.70. The van der Waals surface area contributed by atoms with Crippen molar-refractivity contribution < 1.29 is 4.74 Å². The first-order chi connectivity index (χ1) is 8.84. The minimum atomic E-state index is 0.430. The maximum Gasteiger partial charge on any atom is 0.193 e. The summed E-state index contributed by atoms with van der Waals surface area (Å²) in [6.45, 7) is 3.68. The molecular weight excluding hydrogens is 226 g/mol. The molecule has 0 radical (unpaired) electrons. The lowest BCUT2D eigenvalue weighted by molar-refractivity contribution is 0.328. The molecule has 0 aromatic heterocycles. The summed E-state index contributed by atoms with van der Waals surface area (Å²) in [5.74, 6) is 2.48. The highest BCUT2D eigenvalue weighted by atomic mass is 16.5. The van der Waals surface area contributed by atoms with Crippen LogP contribution in [-0.2, 0) is 0 Å². The lowest BCUT2D eigenvalue weighted by Gasteiger charge is -2.26. The molecule has 0 bridgehead atoms. The zero-order chi connectivity index (χ0) is 12.4. The Morgan fingerprint density at radius 3 is 3.22 bits per heavy atom. The minimum absolute atomic E-state index is 0.430. The molecule has 1 atom stereocenters. The van der Waals surface area contributed by atoms with E-state index in [9.17, 15) is 0 Å². The molecule has 2 aliphatic heterocycles. The molecule has 96 valence electrons. The molecular formula is C14H19N3O. The summed E-state index contributed by atoms with van der Waals surface area (Å²) in [7, 11) is 2.09. The van der Waals surface area contributed by atoms with Gasteiger partial charge < -0.3 is 15.0 Å². The van der Waals surface area contributed by atoms with Gasteiger partial charge in [0, 0.05) is 38.2 Å². The Morgan fingerprint density at radius 1 is 1.44 bits per heavy atom. The van der Waals surface area contributed by atoms with Crippen LogP contribution in [0.15, 0.2) is 29.3 Å². The van der Waals surface area contributed by atoms with Gasteiger partial charge in [0.1, 0.15) is 5.75 Å². The third-order valence-electron chi connectivity index (χ3n) is 3.58. The van der Waals surface area contributed by atoms with E-state index in [0.717, 1.165) is 44.4 Å². The van der Waals surface area contributed by atoms with E-state index in [1.54, 1.807) is 0 Å². The monoisotopic (exact) mass is 245 g/mol. The Hall–Kier alpha value is -1.71. The molecule has 0 amide bonds. The molecule has 0 aliphatic carbocycles. The van der Waals surface area contributed by atoms with Crippen molar-refractivity contribution in [2.45, 2.75) is 12.3 Å². The lowest BCUT2D eigenvalue weighted by atomic mass is 10.0. The van der Waals surface area contributed by atoms with Crippen LogP contribution in [0.1, 0.15) is 17.9 Å². The zero-order valence-corrected chi connectivity index (χ0v) is 10.7. The summed E-state index contributed by atoms with van der Waals surface area (Å²) in [5.41, 5.74) is 1.31. The number of aliphatic imine (C=N–C) groups is 1. The van der Waals surface area contributed by atoms with Gasteiger partial charge in [-0.25, -0.2) is 0 Å². The smallest absolute Gasteiger partial charge is 0.193 e. The second kappa shape index (κ2) is 4.88. The van der Waals surface area contributed by atoms with Gasteiger partial charge in [0.15, 0.2) is 5.96 Å². The highest BCUT2D eigenvalue weighted by Crippen LogP contribution is 2.32. The fourth-order valence-corrected chi connectivity index (χ4v) is 2.52. The quantitative estimate of drug-likeness (QED) is 0.856. The number of hydrogen-bond acceptors (Lipinski definition) is 4. The highest BCUT2D eigenvalue weighted by molar-refractivity contribution is 5.80. The molecule has 1 unspecified atom stereocenters. The van der Waals surface area contributed by atoms with Crippen LogP contribution in [0.25, 0.3) is 0 Å². The molecule has 1 N–H and O–H groups in total. The van der Waals surface area contributed by atoms with Gasteiger partial charge in [0.2, 0.25) is 0 Å². The van der Waals surface area contributed by atoms with E-state index in [2.05, 4.69) is 34.4 Å². The van der Waals surface area contributed by atoms with Crippen LogP contribution in [0.5, 0.6) is 5.75 Å². The Bertz CT molecular complexity index is 458. The van der Waals surface area contributed by atoms with Gasteiger partial charge in [-0.2, -0.15) is 0 Å². The third kappa shape index (κ3) is 2.15. The third-order valence-corrected chi connectivity index (χ3v) is 3.58. The van der Waals surface area contributed by atoms with Crippen LogP contribution in [0.2, 0.25) is 0 Å². The molecule has 18 heavy (non-hydrogen) atoms. The van der Waals surface area contributed by atoms with Gasteiger partial charge >= 0.3 is 0 Å². The molecule has 4 nitrogen and oxygen atoms in total. The zero-order valence-electron chi connectivity index (χ0n) is 10.7. The normalized spacial score (nSPS) is 22.2. The maximum absolute atomic E-state index is 5.68. The molecule has 0 saturated heterocycles. The van der Waals surface area contributed by atoms with E-state index in [4.69, 9.17) is 4.74 Å². The average Bonchev–Trinajstić information content (AvgIpc) is 2.81. The summed E-state index contributed by atoms with van der Waals surface area (Å²) >= 11 is 0. The van der Waals surface area contributed by atoms with Crippen molar-refractivity contribution in [1.82, 2.24) is 10.2 Å². The number of fused-ring (bicyclic) bond motifs is 1. The van der Waals surface area contributed by atoms with Gasteiger partial charge in [0.05, 0.1) is 6.61 Å². The maximum atomic E-state index is 5.68. The van der Waals surface area contributed by atoms with Crippen molar-refractivity contribution >= 4 is 5.96 Å². The first-order valence-corrected chi connectivity index (χ1v) is 6.56. The van der Waals surface area contributed by atoms with Crippen molar-refractivity contribution in [1.29, 1.82) is 0 Å². The van der Waals surface area contributed by atoms with Crippen LogP contribution >= 0.6 is 0 Å². The lowest BCUT2D eigenvalue weighted by Crippen LogP contribution is -2.43. The molecule has 2 heterocycles. The Balaban J connectivity index is 1.63. The molecule has 0 saturated carbocycles. The second-order valence-corrected chi connectivity index (χ2v) is 4.91. The van der Waals surface area contributed by atoms with Crippen molar-refractivity contribution in [2.75, 3.05) is 33.3 Å². The summed E-state index contributed by atoms with van der Waals surface area (Å²) in [6.07, 6.45) is 1.15. The number of guanidine groups is 1. The van der Waals surface area contributed by atoms with E-state index in [1.165, 1.54) is 5.56 Å². The SMILES string of the molecule is CN1CCCN=C1NCC1COc2ccccc21. The minimum Gasteiger partial charge on any atom is -0.493 e. The fourth-order valence-electron chi connectivity index (χ4n) is 2.52. The van der Waals surface area contributed by atoms with Gasteiger partial charge in [0.25, 0.3) is 0 Å². The van der Waals surface area contributed by atoms with Crippen molar-refractivity contribution in [3.63, 3.8) is 0 Å². The molecule has 3 rings (SSSR count). The van der Waals surface area contributed by atoms with Crippen molar-refractivity contribution in [3.8, 4) is 5.75 Å². The number of rotatable bonds is 2. The van der Waals surface area contributed by atoms with Gasteiger partial charge in [-0.1, -0.05) is 18.2 Å². The van der Waals surface area contributed by atoms with Crippen LogP contribution < -0.4 is 10.1 Å². The topological polar surface area (TPSA) is 36.9 Å². The molecule has 2 aliphatic rings.